The molecule has 2 fully saturated rings. The van der Waals surface area contributed by atoms with Gasteiger partial charge in [0.2, 0.25) is 0 Å². The minimum atomic E-state index is -2.04. The molecule has 2 aliphatic heterocycles. The van der Waals surface area contributed by atoms with Crippen LogP contribution >= 0.6 is 0 Å². The first-order valence-corrected chi connectivity index (χ1v) is 7.66. The Balaban J connectivity index is 1.97. The molecular weight excluding hydrogens is 306 g/mol. The molecule has 0 aromatic rings. The van der Waals surface area contributed by atoms with Gasteiger partial charge in [-0.2, -0.15) is 0 Å². The lowest BCUT2D eigenvalue weighted by Crippen LogP contribution is -2.73. The lowest BCUT2D eigenvalue weighted by Gasteiger charge is -2.44. The predicted octanol–water partition coefficient (Wildman–Crippen LogP) is -1.64. The van der Waals surface area contributed by atoms with Crippen molar-refractivity contribution in [3.05, 3.63) is 0 Å². The Morgan fingerprint density at radius 3 is 2.48 bits per heavy atom. The summed E-state index contributed by atoms with van der Waals surface area (Å²) in [5.41, 5.74) is 2.54. The second kappa shape index (κ2) is 6.81. The highest BCUT2D eigenvalue weighted by Gasteiger charge is 2.61. The van der Waals surface area contributed by atoms with Crippen molar-refractivity contribution in [2.45, 2.75) is 31.6 Å². The number of ether oxygens (including phenoxy) is 3. The topological polar surface area (TPSA) is 120 Å². The fourth-order valence-electron chi connectivity index (χ4n) is 2.52. The summed E-state index contributed by atoms with van der Waals surface area (Å²) in [4.78, 5) is 37.4. The number of amides is 1. The number of carbonyl (C=O) groups is 3. The van der Waals surface area contributed by atoms with E-state index in [1.54, 1.807) is 6.92 Å². The zero-order valence-electron chi connectivity index (χ0n) is 13.4. The summed E-state index contributed by atoms with van der Waals surface area (Å²) in [5.74, 6) is -3.09. The van der Waals surface area contributed by atoms with Gasteiger partial charge in [-0.05, 0) is 13.3 Å². The van der Waals surface area contributed by atoms with Crippen LogP contribution in [0.5, 0.6) is 0 Å². The highest BCUT2D eigenvalue weighted by molar-refractivity contribution is 6.31. The highest BCUT2D eigenvalue weighted by Crippen LogP contribution is 2.33. The molecule has 0 aromatic carbocycles. The van der Waals surface area contributed by atoms with Gasteiger partial charge in [0, 0.05) is 26.2 Å². The summed E-state index contributed by atoms with van der Waals surface area (Å²) < 4.78 is 15.2. The maximum absolute atomic E-state index is 12.4. The average Bonchev–Trinajstić information content (AvgIpc) is 2.54. The van der Waals surface area contributed by atoms with Crippen molar-refractivity contribution in [2.24, 2.45) is 5.73 Å². The average molecular weight is 329 g/mol. The number of morpholine rings is 1. The van der Waals surface area contributed by atoms with Crippen LogP contribution in [-0.2, 0) is 28.6 Å². The van der Waals surface area contributed by atoms with Gasteiger partial charge in [-0.15, -0.1) is 0 Å². The van der Waals surface area contributed by atoms with Crippen LogP contribution in [0.4, 0.5) is 0 Å². The van der Waals surface area contributed by atoms with E-state index in [1.165, 1.54) is 6.92 Å². The molecule has 0 spiro atoms. The number of hydrogen-bond acceptors (Lipinski definition) is 8. The minimum Gasteiger partial charge on any atom is -0.445 e. The fraction of sp³-hybridized carbons (Fsp3) is 0.786. The number of carbonyl (C=O) groups excluding carboxylic acids is 3. The van der Waals surface area contributed by atoms with Gasteiger partial charge in [0.1, 0.15) is 0 Å². The molecule has 2 heterocycles. The molecule has 2 saturated heterocycles. The van der Waals surface area contributed by atoms with Gasteiger partial charge in [0.15, 0.2) is 5.60 Å². The van der Waals surface area contributed by atoms with Crippen molar-refractivity contribution < 1.29 is 28.6 Å². The van der Waals surface area contributed by atoms with Gasteiger partial charge in [0.05, 0.1) is 13.2 Å². The third-order valence-electron chi connectivity index (χ3n) is 4.35. The van der Waals surface area contributed by atoms with E-state index in [1.807, 2.05) is 0 Å². The van der Waals surface area contributed by atoms with Crippen molar-refractivity contribution in [1.82, 2.24) is 10.2 Å². The summed E-state index contributed by atoms with van der Waals surface area (Å²) in [6.07, 6.45) is 0.222. The van der Waals surface area contributed by atoms with Crippen molar-refractivity contribution in [1.29, 1.82) is 0 Å². The highest BCUT2D eigenvalue weighted by atomic mass is 16.7. The van der Waals surface area contributed by atoms with Gasteiger partial charge < -0.3 is 19.5 Å². The van der Waals surface area contributed by atoms with Crippen molar-refractivity contribution in [2.75, 3.05) is 39.4 Å². The summed E-state index contributed by atoms with van der Waals surface area (Å²) in [5, 5.41) is 2.65. The molecule has 9 nitrogen and oxygen atoms in total. The SMILES string of the molecule is CCC1(C)OC(=O)C(=O)OC1(N)C(=O)NCCN1CCOCC1. The molecule has 0 radical (unpaired) electrons. The second-order valence-corrected chi connectivity index (χ2v) is 5.81. The Hall–Kier alpha value is -1.71. The number of nitrogens with one attached hydrogen (secondary N) is 1. The van der Waals surface area contributed by atoms with Crippen LogP contribution in [0.3, 0.4) is 0 Å². The van der Waals surface area contributed by atoms with Crippen LogP contribution < -0.4 is 11.1 Å². The smallest absolute Gasteiger partial charge is 0.419 e. The minimum absolute atomic E-state index is 0.222. The van der Waals surface area contributed by atoms with Gasteiger partial charge >= 0.3 is 11.9 Å². The molecule has 2 rings (SSSR count). The Morgan fingerprint density at radius 1 is 1.26 bits per heavy atom. The summed E-state index contributed by atoms with van der Waals surface area (Å²) >= 11 is 0. The quantitative estimate of drug-likeness (QED) is 0.455. The van der Waals surface area contributed by atoms with Crippen LogP contribution in [-0.4, -0.2) is 73.5 Å². The maximum Gasteiger partial charge on any atom is 0.419 e. The third kappa shape index (κ3) is 3.46. The molecule has 23 heavy (non-hydrogen) atoms. The van der Waals surface area contributed by atoms with Gasteiger partial charge in [0.25, 0.3) is 11.6 Å². The van der Waals surface area contributed by atoms with E-state index in [4.69, 9.17) is 19.9 Å². The van der Waals surface area contributed by atoms with Crippen LogP contribution in [0.15, 0.2) is 0 Å². The number of rotatable bonds is 5. The first-order chi connectivity index (χ1) is 10.8. The van der Waals surface area contributed by atoms with E-state index < -0.39 is 29.2 Å². The van der Waals surface area contributed by atoms with Crippen LogP contribution in [0, 0.1) is 0 Å². The zero-order chi connectivity index (χ0) is 17.1. The molecular formula is C14H23N3O6. The third-order valence-corrected chi connectivity index (χ3v) is 4.35. The van der Waals surface area contributed by atoms with Gasteiger partial charge in [-0.1, -0.05) is 6.92 Å². The van der Waals surface area contributed by atoms with Crippen LogP contribution in [0.25, 0.3) is 0 Å². The molecule has 0 bridgehead atoms. The van der Waals surface area contributed by atoms with E-state index in [-0.39, 0.29) is 6.42 Å². The molecule has 3 N–H and O–H groups in total. The Kier molecular flexibility index (Phi) is 5.23. The lowest BCUT2D eigenvalue weighted by atomic mass is 9.87. The second-order valence-electron chi connectivity index (χ2n) is 5.81. The number of cyclic esters (lactones) is 2. The summed E-state index contributed by atoms with van der Waals surface area (Å²) in [7, 11) is 0. The Labute approximate surface area is 134 Å². The molecule has 2 atom stereocenters. The van der Waals surface area contributed by atoms with E-state index in [0.717, 1.165) is 13.1 Å². The van der Waals surface area contributed by atoms with E-state index in [2.05, 4.69) is 10.2 Å². The Morgan fingerprint density at radius 2 is 1.87 bits per heavy atom. The summed E-state index contributed by atoms with van der Waals surface area (Å²) in [6, 6.07) is 0. The number of nitrogens with two attached hydrogens (primary N) is 1. The standard InChI is InChI=1S/C14H23N3O6/c1-3-13(2)14(15,23-11(19)10(18)22-13)12(20)16-4-5-17-6-8-21-9-7-17/h3-9,15H2,1-2H3,(H,16,20). The largest absolute Gasteiger partial charge is 0.445 e. The van der Waals surface area contributed by atoms with Gasteiger partial charge in [-0.25, -0.2) is 9.59 Å². The van der Waals surface area contributed by atoms with Crippen molar-refractivity contribution >= 4 is 17.8 Å². The van der Waals surface area contributed by atoms with E-state index in [9.17, 15) is 14.4 Å². The van der Waals surface area contributed by atoms with Crippen molar-refractivity contribution in [3.8, 4) is 0 Å². The fourth-order valence-corrected chi connectivity index (χ4v) is 2.52. The molecule has 130 valence electrons. The first kappa shape index (κ1) is 17.6. The lowest BCUT2D eigenvalue weighted by molar-refractivity contribution is -0.234. The van der Waals surface area contributed by atoms with Crippen molar-refractivity contribution in [3.63, 3.8) is 0 Å². The normalized spacial score (nSPS) is 32.1. The number of hydrogen-bond donors (Lipinski definition) is 2. The first-order valence-electron chi connectivity index (χ1n) is 7.66. The zero-order valence-corrected chi connectivity index (χ0v) is 13.4. The van der Waals surface area contributed by atoms with E-state index >= 15 is 0 Å². The number of esters is 2. The molecule has 2 aliphatic rings. The molecule has 9 heteroatoms. The molecule has 2 unspecified atom stereocenters. The summed E-state index contributed by atoms with van der Waals surface area (Å²) in [6.45, 7) is 7.04. The monoisotopic (exact) mass is 329 g/mol. The Bertz CT molecular complexity index is 493. The molecule has 0 aliphatic carbocycles. The molecule has 1 amide bonds. The van der Waals surface area contributed by atoms with Crippen LogP contribution in [0.1, 0.15) is 20.3 Å². The molecule has 0 saturated carbocycles. The predicted molar refractivity (Wildman–Crippen MR) is 78.1 cm³/mol. The molecule has 0 aromatic heterocycles. The van der Waals surface area contributed by atoms with Gasteiger partial charge in [-0.3, -0.25) is 15.4 Å². The van der Waals surface area contributed by atoms with E-state index in [0.29, 0.717) is 26.3 Å². The van der Waals surface area contributed by atoms with Crippen LogP contribution in [0.2, 0.25) is 0 Å². The number of nitrogens with zero attached hydrogens (tertiary/aromatic N) is 1. The maximum atomic E-state index is 12.4.